The maximum absolute atomic E-state index is 11.6. The van der Waals surface area contributed by atoms with Crippen LogP contribution in [-0.2, 0) is 47.7 Å². The molecule has 132 heavy (non-hydrogen) atoms. The predicted octanol–water partition coefficient (Wildman–Crippen LogP) is 16.0. The number of thiazole rings is 6. The molecule has 9 N–H and O–H groups in total. The van der Waals surface area contributed by atoms with E-state index in [0.717, 1.165) is 98.8 Å². The van der Waals surface area contributed by atoms with Crippen molar-refractivity contribution >= 4 is 209 Å². The van der Waals surface area contributed by atoms with Crippen LogP contribution in [0, 0.1) is 0 Å². The van der Waals surface area contributed by atoms with E-state index in [9.17, 15) is 44.0 Å². The molecule has 0 radical (unpaired) electrons. The predicted molar refractivity (Wildman–Crippen MR) is 503 cm³/mol. The maximum atomic E-state index is 11.6. The van der Waals surface area contributed by atoms with Crippen molar-refractivity contribution in [3.63, 3.8) is 0 Å². The summed E-state index contributed by atoms with van der Waals surface area (Å²) >= 11 is 7.62. The second-order valence-corrected chi connectivity index (χ2v) is 31.7. The number of aromatic nitrogens is 12. The highest BCUT2D eigenvalue weighted by molar-refractivity contribution is 7.14. The van der Waals surface area contributed by atoms with Crippen LogP contribution in [0.5, 0.6) is 0 Å². The third-order valence-electron chi connectivity index (χ3n) is 18.7. The minimum Gasteiger partial charge on any atom is -0.464 e. The van der Waals surface area contributed by atoms with Gasteiger partial charge in [-0.2, -0.15) is 5.10 Å². The average Bonchev–Trinajstić information content (AvgIpc) is 1.67. The van der Waals surface area contributed by atoms with E-state index in [1.54, 1.807) is 57.9 Å². The minimum absolute atomic E-state index is 0.174. The Morgan fingerprint density at radius 1 is 0.295 bits per heavy atom. The number of rotatable bonds is 22. The molecule has 0 fully saturated rings. The molecule has 0 spiro atoms. The molecule has 0 unspecified atom stereocenters. The number of H-pyrrole nitrogens is 6. The van der Waals surface area contributed by atoms with Gasteiger partial charge in [-0.3, -0.25) is 0 Å². The number of hydrogen-bond acceptors (Lipinski definition) is 37. The number of hydrogen-bond donors (Lipinski definition) is 9. The van der Waals surface area contributed by atoms with Gasteiger partial charge in [-0.25, -0.2) is 63.5 Å². The van der Waals surface area contributed by atoms with E-state index in [2.05, 4.69) is 120 Å². The lowest BCUT2D eigenvalue weighted by Gasteiger charge is -2.02. The highest BCUT2D eigenvalue weighted by Crippen LogP contribution is 2.32. The van der Waals surface area contributed by atoms with Crippen molar-refractivity contribution in [3.05, 3.63) is 313 Å². The normalized spacial score (nSPS) is 11.7. The fourth-order valence-electron chi connectivity index (χ4n) is 12.8. The minimum atomic E-state index is -0.544. The Hall–Kier alpha value is -16.4. The van der Waals surface area contributed by atoms with Gasteiger partial charge in [0.2, 0.25) is 0 Å². The van der Waals surface area contributed by atoms with Gasteiger partial charge in [0.25, 0.3) is 0 Å². The number of oxime groups is 5. The monoisotopic (exact) mass is 1890 g/mol. The van der Waals surface area contributed by atoms with E-state index in [1.807, 2.05) is 164 Å². The van der Waals surface area contributed by atoms with Crippen molar-refractivity contribution in [1.29, 1.82) is 0 Å². The molecule has 0 saturated carbocycles. The molecule has 18 aromatic rings. The van der Waals surface area contributed by atoms with E-state index in [0.29, 0.717) is 64.3 Å². The number of carbonyl (C=O) groups excluding carboxylic acids is 7. The van der Waals surface area contributed by atoms with Crippen LogP contribution in [0.2, 0.25) is 0 Å². The Labute approximate surface area is 770 Å². The molecule has 18 rings (SSSR count). The van der Waals surface area contributed by atoms with Gasteiger partial charge in [0.05, 0.1) is 42.7 Å². The molecule has 0 amide bonds. The molecule has 0 bridgehead atoms. The van der Waals surface area contributed by atoms with Gasteiger partial charge in [0.15, 0.2) is 34.2 Å². The molecule has 6 aromatic carbocycles. The third-order valence-corrected chi connectivity index (χ3v) is 23.8. The van der Waals surface area contributed by atoms with Crippen molar-refractivity contribution in [2.45, 2.75) is 6.92 Å². The van der Waals surface area contributed by atoms with E-state index >= 15 is 0 Å². The number of benzene rings is 6. The second kappa shape index (κ2) is 44.4. The summed E-state index contributed by atoms with van der Waals surface area (Å²) in [6.45, 7) is 1.26. The largest absolute Gasteiger partial charge is 0.464 e. The van der Waals surface area contributed by atoms with Crippen molar-refractivity contribution < 1.29 is 86.9 Å². The summed E-state index contributed by atoms with van der Waals surface area (Å²) in [6, 6.07) is 46.6. The number of esters is 6. The van der Waals surface area contributed by atoms with Crippen molar-refractivity contribution in [1.82, 2.24) is 65.2 Å². The second-order valence-electron chi connectivity index (χ2n) is 26.5. The smallest absolute Gasteiger partial charge is 0.357 e. The summed E-state index contributed by atoms with van der Waals surface area (Å²) in [5.41, 5.74) is 17.5. The molecular weight excluding hydrogens is 1820 g/mol. The highest BCUT2D eigenvalue weighted by Gasteiger charge is 2.27. The standard InChI is InChI=1S/C16H13N3O4S.C15H14N4O2S.2C15H13N3O3S.2C14H11N3O3S/c1-9(20)23-19-14(15-18-13(8-24-15)16(21)22-2)11-7-17-12-6-4-3-5-10(11)12;1-16-19-13(14-18-12(8-22-14)15(20)21-2)10-7-17-11-6-4-3-5-9(10)11;2*1-20-15(19)12-8-22-14(17-12)13(18-21-2)10-7-16-11-6-4-3-5-9(10)11;2*1-20-14(18)11-7-21-13(16-11)12(17-19)9-6-15-10-5-3-2-4-8(9)10/h3-8,17H,1-2H3;3-8,16-17H,1-2H3;2*3-8,16H,1-2H3;2*2-7,15,19H,1H3/b19-14-;19-13-;18-13+;18-13-;17-12+;17-12-. The third kappa shape index (κ3) is 21.4. The number of nitrogens with zero attached hydrogens (tertiary/aromatic N) is 12. The molecule has 37 nitrogen and oxygen atoms in total. The first-order chi connectivity index (χ1) is 64.3. The first kappa shape index (κ1) is 93.3. The summed E-state index contributed by atoms with van der Waals surface area (Å²) in [5, 5.41) is 60.4. The fourth-order valence-corrected chi connectivity index (χ4v) is 17.5. The number of nitrogens with one attached hydrogen (secondary N) is 7. The summed E-state index contributed by atoms with van der Waals surface area (Å²) < 4.78 is 28.0. The SMILES string of the molecule is CN/N=C(\c1nc(C(=O)OC)cs1)c1c[nH]c2ccccc12.CO/N=C(/c1nc(C(=O)OC)cs1)c1c[nH]c2ccccc12.CO/N=C(\c1nc(C(=O)OC)cs1)c1c[nH]c2ccccc12.COC(=O)c1csc(/C(=N/O)c2c[nH]c3ccccc23)n1.COC(=O)c1csc(/C(=N\O)c2c[nH]c3ccccc23)n1.COC(=O)c1csc(/C(=N\OC(C)=O)c2c[nH]c3ccccc23)n1. The molecule has 43 heteroatoms. The van der Waals surface area contributed by atoms with Gasteiger partial charge in [0.1, 0.15) is 78.5 Å². The molecule has 0 aliphatic carbocycles. The zero-order valence-corrected chi connectivity index (χ0v) is 75.9. The Kier molecular flexibility index (Phi) is 31.4. The molecule has 12 heterocycles. The summed E-state index contributed by atoms with van der Waals surface area (Å²) in [5.74, 6) is -3.52. The average molecular weight is 1890 g/mol. The lowest BCUT2D eigenvalue weighted by atomic mass is 10.1. The number of hydrazone groups is 1. The van der Waals surface area contributed by atoms with Crippen molar-refractivity contribution in [2.75, 3.05) is 63.9 Å². The van der Waals surface area contributed by atoms with Crippen LogP contribution < -0.4 is 5.43 Å². The zero-order valence-electron chi connectivity index (χ0n) is 71.0. The van der Waals surface area contributed by atoms with Crippen LogP contribution in [0.15, 0.2) is 246 Å². The van der Waals surface area contributed by atoms with E-state index < -0.39 is 41.8 Å². The molecule has 0 saturated heterocycles. The number of ether oxygens (including phenoxy) is 6. The topological polar surface area (TPSA) is 501 Å². The number of aromatic amines is 6. The zero-order chi connectivity index (χ0) is 93.3. The van der Waals surface area contributed by atoms with Gasteiger partial charge in [0, 0.05) is 182 Å². The van der Waals surface area contributed by atoms with Gasteiger partial charge in [-0.05, 0) is 36.4 Å². The lowest BCUT2D eigenvalue weighted by Crippen LogP contribution is -2.09. The Morgan fingerprint density at radius 3 is 0.697 bits per heavy atom. The van der Waals surface area contributed by atoms with Crippen LogP contribution in [0.4, 0.5) is 0 Å². The lowest BCUT2D eigenvalue weighted by molar-refractivity contribution is -0.140. The molecule has 670 valence electrons. The Bertz CT molecular complexity index is 6910. The van der Waals surface area contributed by atoms with Crippen LogP contribution in [0.25, 0.3) is 65.4 Å². The van der Waals surface area contributed by atoms with Crippen molar-refractivity contribution in [2.24, 2.45) is 30.9 Å². The van der Waals surface area contributed by atoms with E-state index in [-0.39, 0.29) is 34.2 Å². The summed E-state index contributed by atoms with van der Waals surface area (Å²) in [7, 11) is 12.5. The van der Waals surface area contributed by atoms with E-state index in [4.69, 9.17) is 19.2 Å². The molecule has 0 atom stereocenters. The molecule has 0 aliphatic rings. The number of methoxy groups -OCH3 is 6. The van der Waals surface area contributed by atoms with Crippen LogP contribution in [0.3, 0.4) is 0 Å². The number of fused-ring (bicyclic) bond motifs is 6. The van der Waals surface area contributed by atoms with Gasteiger partial charge in [-0.1, -0.05) is 135 Å². The van der Waals surface area contributed by atoms with Crippen LogP contribution in [0.1, 0.15) is 133 Å². The quantitative estimate of drug-likeness (QED) is 0.00760. The fraction of sp³-hybridized carbons (Fsp3) is 0.112. The molecule has 12 aromatic heterocycles. The Balaban J connectivity index is 0.000000135. The summed E-state index contributed by atoms with van der Waals surface area (Å²) in [4.78, 5) is 139. The molecular formula is C89H75N19O18S6. The van der Waals surface area contributed by atoms with Crippen LogP contribution in [-0.4, -0.2) is 210 Å². The number of para-hydroxylation sites is 6. The van der Waals surface area contributed by atoms with E-state index in [1.165, 1.54) is 132 Å². The van der Waals surface area contributed by atoms with Gasteiger partial charge in [-0.15, -0.1) is 68.0 Å². The summed E-state index contributed by atoms with van der Waals surface area (Å²) in [6.07, 6.45) is 10.8. The first-order valence-electron chi connectivity index (χ1n) is 38.6. The maximum Gasteiger partial charge on any atom is 0.357 e. The highest BCUT2D eigenvalue weighted by atomic mass is 32.1. The van der Waals surface area contributed by atoms with Crippen LogP contribution >= 0.6 is 68.0 Å². The van der Waals surface area contributed by atoms with Crippen molar-refractivity contribution in [3.8, 4) is 0 Å². The molecule has 0 aliphatic heterocycles. The van der Waals surface area contributed by atoms with Gasteiger partial charge >= 0.3 is 41.8 Å². The first-order valence-corrected chi connectivity index (χ1v) is 43.9. The Morgan fingerprint density at radius 2 is 0.492 bits per heavy atom. The number of carbonyl (C=O) groups is 7. The van der Waals surface area contributed by atoms with Gasteiger partial charge < -0.3 is 88.7 Å².